The second kappa shape index (κ2) is 5.83. The number of carbonyl (C=O) groups excluding carboxylic acids is 1. The van der Waals surface area contributed by atoms with Crippen LogP contribution in [0.4, 0.5) is 16.3 Å². The Bertz CT molecular complexity index is 791. The first kappa shape index (κ1) is 14.0. The Labute approximate surface area is 131 Å². The molecule has 2 heterocycles. The second-order valence-corrected chi connectivity index (χ2v) is 6.40. The van der Waals surface area contributed by atoms with Gasteiger partial charge in [0.2, 0.25) is 0 Å². The van der Waals surface area contributed by atoms with Gasteiger partial charge in [0, 0.05) is 17.6 Å². The lowest BCUT2D eigenvalue weighted by molar-refractivity contribution is 0.262. The van der Waals surface area contributed by atoms with E-state index >= 15 is 0 Å². The Morgan fingerprint density at radius 1 is 1.24 bits per heavy atom. The Morgan fingerprint density at radius 3 is 2.86 bits per heavy atom. The van der Waals surface area contributed by atoms with Crippen molar-refractivity contribution < 1.29 is 4.79 Å². The van der Waals surface area contributed by atoms with Gasteiger partial charge in [-0.25, -0.2) is 4.79 Å². The number of urea groups is 1. The van der Waals surface area contributed by atoms with Crippen molar-refractivity contribution in [1.29, 1.82) is 0 Å². The molecule has 4 nitrogen and oxygen atoms in total. The number of hydrogen-bond donors (Lipinski definition) is 2. The summed E-state index contributed by atoms with van der Waals surface area (Å²) in [5.41, 5.74) is 1.91. The fourth-order valence-electron chi connectivity index (χ4n) is 2.15. The molecule has 3 aromatic rings. The van der Waals surface area contributed by atoms with Crippen molar-refractivity contribution >= 4 is 50.9 Å². The number of amides is 2. The van der Waals surface area contributed by atoms with Crippen LogP contribution in [0, 0.1) is 0 Å². The van der Waals surface area contributed by atoms with Crippen molar-refractivity contribution in [2.24, 2.45) is 7.05 Å². The van der Waals surface area contributed by atoms with E-state index in [0.29, 0.717) is 0 Å². The molecule has 108 valence electrons. The molecule has 0 aliphatic rings. The first-order valence-corrected chi connectivity index (χ1v) is 8.53. The molecule has 0 saturated carbocycles. The molecule has 0 aliphatic heterocycles. The maximum absolute atomic E-state index is 12.1. The smallest absolute Gasteiger partial charge is 0.324 e. The number of rotatable bonds is 3. The first-order chi connectivity index (χ1) is 10.2. The SMILES string of the molecule is CSc1cccc(NC(=O)Nc2cc3sccc3n2C)c1. The van der Waals surface area contributed by atoms with Gasteiger partial charge >= 0.3 is 6.03 Å². The third-order valence-corrected chi connectivity index (χ3v) is 4.81. The van der Waals surface area contributed by atoms with Gasteiger partial charge in [-0.2, -0.15) is 0 Å². The highest BCUT2D eigenvalue weighted by molar-refractivity contribution is 7.98. The van der Waals surface area contributed by atoms with Crippen LogP contribution in [0.5, 0.6) is 0 Å². The summed E-state index contributed by atoms with van der Waals surface area (Å²) in [5.74, 6) is 0.787. The van der Waals surface area contributed by atoms with Crippen LogP contribution in [-0.2, 0) is 7.05 Å². The van der Waals surface area contributed by atoms with Gasteiger partial charge in [-0.3, -0.25) is 5.32 Å². The summed E-state index contributed by atoms with van der Waals surface area (Å²) in [4.78, 5) is 13.2. The summed E-state index contributed by atoms with van der Waals surface area (Å²) in [6.45, 7) is 0. The molecular weight excluding hydrogens is 302 g/mol. The van der Waals surface area contributed by atoms with Gasteiger partial charge in [-0.05, 0) is 42.0 Å². The monoisotopic (exact) mass is 317 g/mol. The van der Waals surface area contributed by atoms with Crippen molar-refractivity contribution in [3.8, 4) is 0 Å². The zero-order chi connectivity index (χ0) is 14.8. The predicted molar refractivity (Wildman–Crippen MR) is 91.7 cm³/mol. The number of hydrogen-bond acceptors (Lipinski definition) is 3. The lowest BCUT2D eigenvalue weighted by Gasteiger charge is -2.09. The van der Waals surface area contributed by atoms with E-state index < -0.39 is 0 Å². The summed E-state index contributed by atoms with van der Waals surface area (Å²) in [7, 11) is 1.94. The average Bonchev–Trinajstić information content (AvgIpc) is 3.03. The number of nitrogens with zero attached hydrogens (tertiary/aromatic N) is 1. The minimum absolute atomic E-state index is 0.235. The number of fused-ring (bicyclic) bond motifs is 1. The lowest BCUT2D eigenvalue weighted by atomic mass is 10.3. The number of aromatic nitrogens is 1. The summed E-state index contributed by atoms with van der Waals surface area (Å²) in [5, 5.41) is 7.78. The Balaban J connectivity index is 1.73. The fourth-order valence-corrected chi connectivity index (χ4v) is 3.46. The molecule has 0 atom stereocenters. The summed E-state index contributed by atoms with van der Waals surface area (Å²) in [6.07, 6.45) is 2.01. The Morgan fingerprint density at radius 2 is 2.10 bits per heavy atom. The lowest BCUT2D eigenvalue weighted by Crippen LogP contribution is -2.20. The quantitative estimate of drug-likeness (QED) is 0.693. The predicted octanol–water partition coefficient (Wildman–Crippen LogP) is 4.61. The molecule has 0 unspecified atom stereocenters. The van der Waals surface area contributed by atoms with Crippen LogP contribution in [0.2, 0.25) is 0 Å². The zero-order valence-electron chi connectivity index (χ0n) is 11.7. The highest BCUT2D eigenvalue weighted by Crippen LogP contribution is 2.27. The summed E-state index contributed by atoms with van der Waals surface area (Å²) < 4.78 is 3.14. The van der Waals surface area contributed by atoms with Crippen molar-refractivity contribution in [3.05, 3.63) is 41.8 Å². The van der Waals surface area contributed by atoms with Crippen LogP contribution in [0.3, 0.4) is 0 Å². The molecule has 0 fully saturated rings. The zero-order valence-corrected chi connectivity index (χ0v) is 13.3. The standard InChI is InChI=1S/C15H15N3OS2/c1-18-12-6-7-21-13(12)9-14(18)17-15(19)16-10-4-3-5-11(8-10)20-2/h3-9H,1-2H3,(H2,16,17,19). The van der Waals surface area contributed by atoms with Crippen LogP contribution in [0.1, 0.15) is 0 Å². The van der Waals surface area contributed by atoms with E-state index in [1.165, 1.54) is 0 Å². The van der Waals surface area contributed by atoms with Crippen LogP contribution < -0.4 is 10.6 Å². The normalized spacial score (nSPS) is 10.8. The molecule has 2 amide bonds. The third kappa shape index (κ3) is 2.91. The molecule has 0 spiro atoms. The molecule has 2 N–H and O–H groups in total. The Kier molecular flexibility index (Phi) is 3.90. The second-order valence-electron chi connectivity index (χ2n) is 4.57. The molecular formula is C15H15N3OS2. The third-order valence-electron chi connectivity index (χ3n) is 3.23. The molecule has 0 bridgehead atoms. The van der Waals surface area contributed by atoms with Gasteiger partial charge in [0.1, 0.15) is 5.82 Å². The number of aryl methyl sites for hydroxylation is 1. The van der Waals surface area contributed by atoms with Crippen molar-refractivity contribution in [3.63, 3.8) is 0 Å². The molecule has 1 aromatic carbocycles. The molecule has 6 heteroatoms. The molecule has 2 aromatic heterocycles. The average molecular weight is 317 g/mol. The maximum atomic E-state index is 12.1. The minimum Gasteiger partial charge on any atom is -0.330 e. The van der Waals surface area contributed by atoms with E-state index in [0.717, 1.165) is 26.6 Å². The largest absolute Gasteiger partial charge is 0.330 e. The number of thioether (sulfide) groups is 1. The molecule has 21 heavy (non-hydrogen) atoms. The van der Waals surface area contributed by atoms with E-state index in [2.05, 4.69) is 10.6 Å². The number of carbonyl (C=O) groups is 1. The van der Waals surface area contributed by atoms with E-state index in [-0.39, 0.29) is 6.03 Å². The number of nitrogens with one attached hydrogen (secondary N) is 2. The van der Waals surface area contributed by atoms with Gasteiger partial charge in [0.05, 0.1) is 10.2 Å². The van der Waals surface area contributed by atoms with E-state index in [1.54, 1.807) is 23.1 Å². The van der Waals surface area contributed by atoms with Gasteiger partial charge in [0.15, 0.2) is 0 Å². The van der Waals surface area contributed by atoms with Gasteiger partial charge in [0.25, 0.3) is 0 Å². The minimum atomic E-state index is -0.235. The number of benzene rings is 1. The van der Waals surface area contributed by atoms with E-state index in [1.807, 2.05) is 59.6 Å². The molecule has 0 aliphatic carbocycles. The van der Waals surface area contributed by atoms with Crippen LogP contribution in [0.25, 0.3) is 10.2 Å². The molecule has 3 rings (SSSR count). The van der Waals surface area contributed by atoms with Crippen LogP contribution in [-0.4, -0.2) is 16.9 Å². The first-order valence-electron chi connectivity index (χ1n) is 6.42. The van der Waals surface area contributed by atoms with E-state index in [4.69, 9.17) is 0 Å². The van der Waals surface area contributed by atoms with Gasteiger partial charge in [-0.1, -0.05) is 6.07 Å². The molecule has 0 radical (unpaired) electrons. The molecule has 0 saturated heterocycles. The number of anilines is 2. The Hall–Kier alpha value is -1.92. The fraction of sp³-hybridized carbons (Fsp3) is 0.133. The highest BCUT2D eigenvalue weighted by Gasteiger charge is 2.10. The summed E-state index contributed by atoms with van der Waals surface area (Å²) in [6, 6.07) is 11.6. The van der Waals surface area contributed by atoms with Crippen molar-refractivity contribution in [1.82, 2.24) is 4.57 Å². The van der Waals surface area contributed by atoms with E-state index in [9.17, 15) is 4.79 Å². The van der Waals surface area contributed by atoms with Crippen LogP contribution >= 0.6 is 23.1 Å². The number of thiophene rings is 1. The summed E-state index contributed by atoms with van der Waals surface area (Å²) >= 11 is 3.31. The van der Waals surface area contributed by atoms with Crippen molar-refractivity contribution in [2.75, 3.05) is 16.9 Å². The topological polar surface area (TPSA) is 46.1 Å². The van der Waals surface area contributed by atoms with Gasteiger partial charge in [-0.15, -0.1) is 23.1 Å². The van der Waals surface area contributed by atoms with Gasteiger partial charge < -0.3 is 9.88 Å². The maximum Gasteiger partial charge on any atom is 0.324 e. The van der Waals surface area contributed by atoms with Crippen molar-refractivity contribution in [2.45, 2.75) is 4.90 Å². The highest BCUT2D eigenvalue weighted by atomic mass is 32.2. The van der Waals surface area contributed by atoms with Crippen LogP contribution in [0.15, 0.2) is 46.7 Å².